The zero-order valence-corrected chi connectivity index (χ0v) is 11.5. The highest BCUT2D eigenvalue weighted by atomic mass is 16.5. The molecule has 106 valence electrons. The highest BCUT2D eigenvalue weighted by Gasteiger charge is 2.24. The summed E-state index contributed by atoms with van der Waals surface area (Å²) in [6.45, 7) is 4.99. The van der Waals surface area contributed by atoms with E-state index in [9.17, 15) is 4.79 Å². The minimum absolute atomic E-state index is 0.0245. The lowest BCUT2D eigenvalue weighted by atomic mass is 10.1. The molecule has 6 nitrogen and oxygen atoms in total. The second-order valence-electron chi connectivity index (χ2n) is 4.61. The molecule has 0 amide bonds. The summed E-state index contributed by atoms with van der Waals surface area (Å²) in [5, 5.41) is 7.43. The Labute approximate surface area is 113 Å². The van der Waals surface area contributed by atoms with Gasteiger partial charge in [0, 0.05) is 26.1 Å². The van der Waals surface area contributed by atoms with Crippen LogP contribution < -0.4 is 10.1 Å². The fourth-order valence-corrected chi connectivity index (χ4v) is 2.23. The maximum atomic E-state index is 12.4. The highest BCUT2D eigenvalue weighted by Crippen LogP contribution is 2.21. The summed E-state index contributed by atoms with van der Waals surface area (Å²) >= 11 is 0. The summed E-state index contributed by atoms with van der Waals surface area (Å²) in [6, 6.07) is 0. The average Bonchev–Trinajstić information content (AvgIpc) is 2.83. The van der Waals surface area contributed by atoms with Crippen LogP contribution in [0.4, 0.5) is 0 Å². The van der Waals surface area contributed by atoms with Crippen molar-refractivity contribution >= 4 is 5.78 Å². The zero-order chi connectivity index (χ0) is 13.7. The van der Waals surface area contributed by atoms with Gasteiger partial charge < -0.3 is 14.8 Å². The Balaban J connectivity index is 2.09. The van der Waals surface area contributed by atoms with E-state index >= 15 is 0 Å². The summed E-state index contributed by atoms with van der Waals surface area (Å²) in [4.78, 5) is 12.4. The van der Waals surface area contributed by atoms with E-state index in [-0.39, 0.29) is 11.9 Å². The van der Waals surface area contributed by atoms with E-state index < -0.39 is 0 Å². The van der Waals surface area contributed by atoms with Crippen molar-refractivity contribution in [2.24, 2.45) is 0 Å². The maximum absolute atomic E-state index is 12.4. The number of carbonyl (C=O) groups excluding carboxylic acids is 1. The number of rotatable bonds is 6. The molecule has 1 aromatic heterocycles. The minimum atomic E-state index is -0.0593. The molecular formula is C13H21N3O3. The van der Waals surface area contributed by atoms with E-state index in [4.69, 9.17) is 9.47 Å². The van der Waals surface area contributed by atoms with E-state index in [1.807, 2.05) is 0 Å². The molecule has 0 radical (unpaired) electrons. The first-order valence-electron chi connectivity index (χ1n) is 6.71. The van der Waals surface area contributed by atoms with Gasteiger partial charge in [-0.15, -0.1) is 0 Å². The number of ketones is 1. The number of Topliss-reactive ketones (excluding diaryl/α,β-unsaturated/α-hetero) is 1. The van der Waals surface area contributed by atoms with E-state index in [0.717, 1.165) is 19.5 Å². The number of nitrogens with one attached hydrogen (secondary N) is 1. The van der Waals surface area contributed by atoms with Crippen LogP contribution in [0.2, 0.25) is 0 Å². The lowest BCUT2D eigenvalue weighted by Gasteiger charge is -2.23. The quantitative estimate of drug-likeness (QED) is 0.775. The van der Waals surface area contributed by atoms with Gasteiger partial charge in [-0.25, -0.2) is 0 Å². The van der Waals surface area contributed by atoms with Crippen LogP contribution in [0.1, 0.15) is 30.3 Å². The van der Waals surface area contributed by atoms with Crippen molar-refractivity contribution in [1.82, 2.24) is 15.1 Å². The lowest BCUT2D eigenvalue weighted by Crippen LogP contribution is -2.39. The summed E-state index contributed by atoms with van der Waals surface area (Å²) in [5.74, 6) is 0.568. The van der Waals surface area contributed by atoms with E-state index in [1.54, 1.807) is 18.0 Å². The van der Waals surface area contributed by atoms with Crippen LogP contribution in [-0.4, -0.2) is 48.5 Å². The molecule has 0 spiro atoms. The Morgan fingerprint density at radius 1 is 1.68 bits per heavy atom. The summed E-state index contributed by atoms with van der Waals surface area (Å²) in [6.07, 6.45) is 2.82. The monoisotopic (exact) mass is 267 g/mol. The minimum Gasteiger partial charge on any atom is -0.493 e. The Kier molecular flexibility index (Phi) is 4.93. The van der Waals surface area contributed by atoms with Gasteiger partial charge in [0.1, 0.15) is 5.69 Å². The molecule has 1 fully saturated rings. The normalized spacial score (nSPS) is 19.4. The molecule has 1 aliphatic rings. The highest BCUT2D eigenvalue weighted by molar-refractivity contribution is 5.97. The molecule has 0 aromatic carbocycles. The van der Waals surface area contributed by atoms with Gasteiger partial charge in [0.15, 0.2) is 11.5 Å². The van der Waals surface area contributed by atoms with Gasteiger partial charge in [-0.05, 0) is 6.42 Å². The van der Waals surface area contributed by atoms with Crippen LogP contribution in [0.25, 0.3) is 0 Å². The molecule has 2 rings (SSSR count). The lowest BCUT2D eigenvalue weighted by molar-refractivity contribution is 0.0237. The number of hydrogen-bond acceptors (Lipinski definition) is 5. The Morgan fingerprint density at radius 2 is 2.53 bits per heavy atom. The molecule has 0 saturated carbocycles. The molecule has 1 saturated heterocycles. The van der Waals surface area contributed by atoms with Gasteiger partial charge in [0.2, 0.25) is 0 Å². The molecule has 1 N–H and O–H groups in total. The van der Waals surface area contributed by atoms with Crippen molar-refractivity contribution in [2.45, 2.75) is 32.4 Å². The molecular weight excluding hydrogens is 246 g/mol. The van der Waals surface area contributed by atoms with Gasteiger partial charge in [0.25, 0.3) is 0 Å². The summed E-state index contributed by atoms with van der Waals surface area (Å²) in [7, 11) is 1.56. The second kappa shape index (κ2) is 6.68. The number of morpholine rings is 1. The third-order valence-electron chi connectivity index (χ3n) is 3.14. The number of aryl methyl sites for hydroxylation is 1. The molecule has 1 atom stereocenters. The number of nitrogens with zero attached hydrogens (tertiary/aromatic N) is 2. The molecule has 0 bridgehead atoms. The fraction of sp³-hybridized carbons (Fsp3) is 0.692. The number of carbonyl (C=O) groups is 1. The SMILES string of the molecule is CCCn1ncc(OC)c1C(=O)CC1CNCCO1. The number of hydrogen-bond donors (Lipinski definition) is 1. The van der Waals surface area contributed by atoms with Crippen LogP contribution in [0.5, 0.6) is 5.75 Å². The molecule has 1 unspecified atom stereocenters. The van der Waals surface area contributed by atoms with Crippen LogP contribution >= 0.6 is 0 Å². The van der Waals surface area contributed by atoms with Crippen LogP contribution in [-0.2, 0) is 11.3 Å². The van der Waals surface area contributed by atoms with Crippen LogP contribution in [0, 0.1) is 0 Å². The first-order chi connectivity index (χ1) is 9.26. The van der Waals surface area contributed by atoms with Crippen LogP contribution in [0.15, 0.2) is 6.20 Å². The number of ether oxygens (including phenoxy) is 2. The van der Waals surface area contributed by atoms with Crippen molar-refractivity contribution in [3.05, 3.63) is 11.9 Å². The van der Waals surface area contributed by atoms with Gasteiger partial charge in [0.05, 0.1) is 26.0 Å². The van der Waals surface area contributed by atoms with Gasteiger partial charge in [-0.2, -0.15) is 5.10 Å². The van der Waals surface area contributed by atoms with Crippen molar-refractivity contribution < 1.29 is 14.3 Å². The average molecular weight is 267 g/mol. The topological polar surface area (TPSA) is 65.4 Å². The molecule has 6 heteroatoms. The van der Waals surface area contributed by atoms with Crippen molar-refractivity contribution in [3.8, 4) is 5.75 Å². The summed E-state index contributed by atoms with van der Waals surface area (Å²) < 4.78 is 12.5. The van der Waals surface area contributed by atoms with Gasteiger partial charge in [-0.1, -0.05) is 6.92 Å². The van der Waals surface area contributed by atoms with Gasteiger partial charge >= 0.3 is 0 Å². The molecule has 1 aromatic rings. The van der Waals surface area contributed by atoms with E-state index in [1.165, 1.54) is 0 Å². The van der Waals surface area contributed by atoms with E-state index in [0.29, 0.717) is 31.0 Å². The predicted octanol–water partition coefficient (Wildman–Crippen LogP) is 0.863. The molecule has 0 aliphatic carbocycles. The van der Waals surface area contributed by atoms with E-state index in [2.05, 4.69) is 17.3 Å². The van der Waals surface area contributed by atoms with Crippen molar-refractivity contribution in [2.75, 3.05) is 26.8 Å². The third kappa shape index (κ3) is 3.33. The molecule has 1 aliphatic heterocycles. The van der Waals surface area contributed by atoms with Gasteiger partial charge in [-0.3, -0.25) is 9.48 Å². The first-order valence-corrected chi connectivity index (χ1v) is 6.71. The summed E-state index contributed by atoms with van der Waals surface area (Å²) in [5.41, 5.74) is 0.554. The third-order valence-corrected chi connectivity index (χ3v) is 3.14. The first kappa shape index (κ1) is 14.0. The zero-order valence-electron chi connectivity index (χ0n) is 11.5. The number of aromatic nitrogens is 2. The Hall–Kier alpha value is -1.40. The molecule has 19 heavy (non-hydrogen) atoms. The standard InChI is InChI=1S/C13H21N3O3/c1-3-5-16-13(12(18-2)9-15-16)11(17)7-10-8-14-4-6-19-10/h9-10,14H,3-8H2,1-2H3. The largest absolute Gasteiger partial charge is 0.493 e. The Morgan fingerprint density at radius 3 is 3.16 bits per heavy atom. The van der Waals surface area contributed by atoms with Crippen molar-refractivity contribution in [1.29, 1.82) is 0 Å². The molecule has 2 heterocycles. The smallest absolute Gasteiger partial charge is 0.187 e. The maximum Gasteiger partial charge on any atom is 0.187 e. The van der Waals surface area contributed by atoms with Crippen LogP contribution in [0.3, 0.4) is 0 Å². The number of methoxy groups -OCH3 is 1. The fourth-order valence-electron chi connectivity index (χ4n) is 2.23. The Bertz CT molecular complexity index is 425. The second-order valence-corrected chi connectivity index (χ2v) is 4.61. The predicted molar refractivity (Wildman–Crippen MR) is 70.6 cm³/mol. The van der Waals surface area contributed by atoms with Crippen molar-refractivity contribution in [3.63, 3.8) is 0 Å².